The van der Waals surface area contributed by atoms with Crippen LogP contribution in [0.2, 0.25) is 0 Å². The Kier molecular flexibility index (Phi) is 3.17. The van der Waals surface area contributed by atoms with Crippen molar-refractivity contribution in [3.8, 4) is 0 Å². The fraction of sp³-hybridized carbons (Fsp3) is 0.111. The van der Waals surface area contributed by atoms with Crippen molar-refractivity contribution in [2.45, 2.75) is 6.54 Å². The molecule has 0 atom stereocenters. The molecule has 13 heavy (non-hydrogen) atoms. The summed E-state index contributed by atoms with van der Waals surface area (Å²) in [6, 6.07) is 5.96. The van der Waals surface area contributed by atoms with Crippen LogP contribution >= 0.6 is 12.4 Å². The molecule has 2 aromatic rings. The molecule has 3 nitrogen and oxygen atoms in total. The highest BCUT2D eigenvalue weighted by Gasteiger charge is 1.94. The summed E-state index contributed by atoms with van der Waals surface area (Å²) in [5.41, 5.74) is 7.55. The van der Waals surface area contributed by atoms with Crippen molar-refractivity contribution in [2.75, 3.05) is 0 Å². The molecule has 1 heterocycles. The standard InChI is InChI=1S/C9H9N3.ClH/c10-4-7-1-2-8-5-11-6-12-9(8)3-7;/h1-3,5-6H,4,10H2;1H. The molecular weight excluding hydrogens is 186 g/mol. The van der Waals surface area contributed by atoms with E-state index in [4.69, 9.17) is 5.73 Å². The molecule has 2 N–H and O–H groups in total. The topological polar surface area (TPSA) is 51.8 Å². The Balaban J connectivity index is 0.000000845. The van der Waals surface area contributed by atoms with E-state index < -0.39 is 0 Å². The third-order valence-electron chi connectivity index (χ3n) is 1.81. The number of fused-ring (bicyclic) bond motifs is 1. The number of halogens is 1. The summed E-state index contributed by atoms with van der Waals surface area (Å²) >= 11 is 0. The molecule has 2 rings (SSSR count). The summed E-state index contributed by atoms with van der Waals surface area (Å²) < 4.78 is 0. The highest BCUT2D eigenvalue weighted by molar-refractivity contribution is 5.85. The largest absolute Gasteiger partial charge is 0.326 e. The lowest BCUT2D eigenvalue weighted by Gasteiger charge is -1.98. The Morgan fingerprint density at radius 2 is 2.15 bits per heavy atom. The van der Waals surface area contributed by atoms with Crippen molar-refractivity contribution in [3.05, 3.63) is 36.3 Å². The normalized spacial score (nSPS) is 9.62. The quantitative estimate of drug-likeness (QED) is 0.751. The minimum Gasteiger partial charge on any atom is -0.326 e. The molecule has 1 aromatic carbocycles. The molecule has 0 amide bonds. The average Bonchev–Trinajstić information content (AvgIpc) is 2.17. The number of benzene rings is 1. The molecular formula is C9H10ClN3. The van der Waals surface area contributed by atoms with Crippen molar-refractivity contribution in [1.29, 1.82) is 0 Å². The number of aromatic nitrogens is 2. The molecule has 0 aliphatic carbocycles. The first-order valence-electron chi connectivity index (χ1n) is 3.79. The number of rotatable bonds is 1. The van der Waals surface area contributed by atoms with Gasteiger partial charge in [-0.1, -0.05) is 12.1 Å². The van der Waals surface area contributed by atoms with Crippen LogP contribution in [0.25, 0.3) is 10.9 Å². The first-order valence-corrected chi connectivity index (χ1v) is 3.79. The van der Waals surface area contributed by atoms with Crippen LogP contribution in [0.1, 0.15) is 5.56 Å². The van der Waals surface area contributed by atoms with Crippen LogP contribution in [0.3, 0.4) is 0 Å². The van der Waals surface area contributed by atoms with E-state index in [-0.39, 0.29) is 12.4 Å². The molecule has 0 bridgehead atoms. The Morgan fingerprint density at radius 1 is 1.31 bits per heavy atom. The average molecular weight is 196 g/mol. The number of nitrogens with zero attached hydrogens (tertiary/aromatic N) is 2. The van der Waals surface area contributed by atoms with Gasteiger partial charge in [-0.3, -0.25) is 0 Å². The van der Waals surface area contributed by atoms with Crippen LogP contribution in [-0.4, -0.2) is 9.97 Å². The maximum Gasteiger partial charge on any atom is 0.116 e. The van der Waals surface area contributed by atoms with Gasteiger partial charge in [-0.25, -0.2) is 9.97 Å². The first-order chi connectivity index (χ1) is 5.90. The van der Waals surface area contributed by atoms with Crippen molar-refractivity contribution in [1.82, 2.24) is 9.97 Å². The van der Waals surface area contributed by atoms with Gasteiger partial charge in [0.05, 0.1) is 5.52 Å². The van der Waals surface area contributed by atoms with E-state index in [1.807, 2.05) is 18.2 Å². The zero-order chi connectivity index (χ0) is 8.39. The third-order valence-corrected chi connectivity index (χ3v) is 1.81. The second-order valence-electron chi connectivity index (χ2n) is 2.62. The fourth-order valence-electron chi connectivity index (χ4n) is 1.15. The molecule has 68 valence electrons. The van der Waals surface area contributed by atoms with Gasteiger partial charge in [0.25, 0.3) is 0 Å². The summed E-state index contributed by atoms with van der Waals surface area (Å²) in [4.78, 5) is 8.05. The minimum absolute atomic E-state index is 0. The van der Waals surface area contributed by atoms with Crippen molar-refractivity contribution in [3.63, 3.8) is 0 Å². The molecule has 0 aliphatic rings. The Bertz CT molecular complexity index is 403. The van der Waals surface area contributed by atoms with E-state index in [2.05, 4.69) is 9.97 Å². The van der Waals surface area contributed by atoms with Gasteiger partial charge in [0.2, 0.25) is 0 Å². The van der Waals surface area contributed by atoms with Crippen LogP contribution in [-0.2, 0) is 6.54 Å². The second kappa shape index (κ2) is 4.16. The zero-order valence-electron chi connectivity index (χ0n) is 6.97. The maximum absolute atomic E-state index is 5.50. The van der Waals surface area contributed by atoms with Gasteiger partial charge in [-0.2, -0.15) is 0 Å². The van der Waals surface area contributed by atoms with Crippen LogP contribution < -0.4 is 5.73 Å². The molecule has 0 unspecified atom stereocenters. The van der Waals surface area contributed by atoms with Crippen LogP contribution in [0, 0.1) is 0 Å². The van der Waals surface area contributed by atoms with Crippen LogP contribution in [0.15, 0.2) is 30.7 Å². The molecule has 0 radical (unpaired) electrons. The van der Waals surface area contributed by atoms with E-state index in [9.17, 15) is 0 Å². The lowest BCUT2D eigenvalue weighted by Crippen LogP contribution is -1.95. The van der Waals surface area contributed by atoms with Crippen LogP contribution in [0.5, 0.6) is 0 Å². The predicted molar refractivity (Wildman–Crippen MR) is 54.7 cm³/mol. The first kappa shape index (κ1) is 9.89. The number of hydrogen-bond acceptors (Lipinski definition) is 3. The van der Waals surface area contributed by atoms with Crippen molar-refractivity contribution in [2.24, 2.45) is 5.73 Å². The van der Waals surface area contributed by atoms with Gasteiger partial charge in [-0.15, -0.1) is 12.4 Å². The predicted octanol–water partition coefficient (Wildman–Crippen LogP) is 1.51. The summed E-state index contributed by atoms with van der Waals surface area (Å²) in [6.07, 6.45) is 3.34. The monoisotopic (exact) mass is 195 g/mol. The van der Waals surface area contributed by atoms with E-state index in [1.165, 1.54) is 0 Å². The lowest BCUT2D eigenvalue weighted by atomic mass is 10.1. The summed E-state index contributed by atoms with van der Waals surface area (Å²) in [7, 11) is 0. The van der Waals surface area contributed by atoms with Crippen LogP contribution in [0.4, 0.5) is 0 Å². The number of hydrogen-bond donors (Lipinski definition) is 1. The highest BCUT2D eigenvalue weighted by atomic mass is 35.5. The van der Waals surface area contributed by atoms with Gasteiger partial charge in [0.1, 0.15) is 6.33 Å². The molecule has 0 fully saturated rings. The molecule has 0 saturated heterocycles. The van der Waals surface area contributed by atoms with Crippen molar-refractivity contribution < 1.29 is 0 Å². The minimum atomic E-state index is 0. The van der Waals surface area contributed by atoms with Gasteiger partial charge >= 0.3 is 0 Å². The Morgan fingerprint density at radius 3 is 2.92 bits per heavy atom. The SMILES string of the molecule is Cl.NCc1ccc2cncnc2c1. The van der Waals surface area contributed by atoms with E-state index in [0.717, 1.165) is 16.5 Å². The van der Waals surface area contributed by atoms with Gasteiger partial charge in [0.15, 0.2) is 0 Å². The summed E-state index contributed by atoms with van der Waals surface area (Å²) in [5.74, 6) is 0. The lowest BCUT2D eigenvalue weighted by molar-refractivity contribution is 1.07. The maximum atomic E-state index is 5.50. The third kappa shape index (κ3) is 1.94. The number of nitrogens with two attached hydrogens (primary N) is 1. The second-order valence-corrected chi connectivity index (χ2v) is 2.62. The fourth-order valence-corrected chi connectivity index (χ4v) is 1.15. The smallest absolute Gasteiger partial charge is 0.116 e. The molecule has 0 saturated carbocycles. The van der Waals surface area contributed by atoms with Gasteiger partial charge in [0, 0.05) is 18.1 Å². The van der Waals surface area contributed by atoms with Gasteiger partial charge < -0.3 is 5.73 Å². The molecule has 0 aliphatic heterocycles. The Hall–Kier alpha value is -1.19. The van der Waals surface area contributed by atoms with E-state index in [0.29, 0.717) is 6.54 Å². The van der Waals surface area contributed by atoms with Gasteiger partial charge in [-0.05, 0) is 11.6 Å². The van der Waals surface area contributed by atoms with Crippen molar-refractivity contribution >= 4 is 23.3 Å². The van der Waals surface area contributed by atoms with E-state index >= 15 is 0 Å². The molecule has 4 heteroatoms. The summed E-state index contributed by atoms with van der Waals surface area (Å²) in [5, 5.41) is 1.05. The molecule has 1 aromatic heterocycles. The van der Waals surface area contributed by atoms with E-state index in [1.54, 1.807) is 12.5 Å². The Labute approximate surface area is 82.4 Å². The highest BCUT2D eigenvalue weighted by Crippen LogP contribution is 2.11. The molecule has 0 spiro atoms. The zero-order valence-corrected chi connectivity index (χ0v) is 7.79. The summed E-state index contributed by atoms with van der Waals surface area (Å²) in [6.45, 7) is 0.555.